The van der Waals surface area contributed by atoms with Gasteiger partial charge in [-0.3, -0.25) is 0 Å². The molecule has 0 aliphatic rings. The lowest BCUT2D eigenvalue weighted by molar-refractivity contribution is -0.152. The van der Waals surface area contributed by atoms with Gasteiger partial charge in [0.25, 0.3) is 0 Å². The van der Waals surface area contributed by atoms with E-state index >= 15 is 0 Å². The Morgan fingerprint density at radius 1 is 1.13 bits per heavy atom. The molecule has 0 radical (unpaired) electrons. The number of ether oxygens (including phenoxy) is 2. The van der Waals surface area contributed by atoms with Crippen LogP contribution in [0.25, 0.3) is 0 Å². The minimum atomic E-state index is -1.11. The van der Waals surface area contributed by atoms with Crippen molar-refractivity contribution in [2.45, 2.75) is 19.3 Å². The summed E-state index contributed by atoms with van der Waals surface area (Å²) in [6.07, 6.45) is 2.59. The molecule has 0 atom stereocenters. The summed E-state index contributed by atoms with van der Waals surface area (Å²) in [7, 11) is 0. The van der Waals surface area contributed by atoms with E-state index in [1.165, 1.54) is 0 Å². The standard InChI is InChI=1S/C9H17NO5/c10-4-2-1-3-5-15-9(13)7-14-6-8(11)12/h1-7,10H2,(H,11,12). The topological polar surface area (TPSA) is 98.9 Å². The van der Waals surface area contributed by atoms with E-state index in [0.29, 0.717) is 13.2 Å². The fourth-order valence-electron chi connectivity index (χ4n) is 0.873. The van der Waals surface area contributed by atoms with Gasteiger partial charge in [-0.15, -0.1) is 0 Å². The molecule has 0 unspecified atom stereocenters. The van der Waals surface area contributed by atoms with E-state index in [0.717, 1.165) is 19.3 Å². The molecule has 0 heterocycles. The van der Waals surface area contributed by atoms with Crippen molar-refractivity contribution in [1.82, 2.24) is 0 Å². The molecule has 0 rings (SSSR count). The molecule has 0 spiro atoms. The van der Waals surface area contributed by atoms with Crippen molar-refractivity contribution < 1.29 is 24.2 Å². The largest absolute Gasteiger partial charge is 0.480 e. The Balaban J connectivity index is 3.22. The van der Waals surface area contributed by atoms with Crippen molar-refractivity contribution in [2.24, 2.45) is 5.73 Å². The van der Waals surface area contributed by atoms with E-state index < -0.39 is 18.5 Å². The van der Waals surface area contributed by atoms with Gasteiger partial charge in [-0.1, -0.05) is 0 Å². The summed E-state index contributed by atoms with van der Waals surface area (Å²) in [6, 6.07) is 0. The molecule has 0 aromatic rings. The number of carboxylic acids is 1. The van der Waals surface area contributed by atoms with Crippen molar-refractivity contribution in [3.63, 3.8) is 0 Å². The van der Waals surface area contributed by atoms with Gasteiger partial charge in [-0.05, 0) is 25.8 Å². The second-order valence-electron chi connectivity index (χ2n) is 2.96. The summed E-state index contributed by atoms with van der Waals surface area (Å²) in [6.45, 7) is 0.163. The van der Waals surface area contributed by atoms with Crippen LogP contribution in [0.3, 0.4) is 0 Å². The molecule has 0 bridgehead atoms. The van der Waals surface area contributed by atoms with Crippen LogP contribution in [0, 0.1) is 0 Å². The lowest BCUT2D eigenvalue weighted by atomic mass is 10.2. The van der Waals surface area contributed by atoms with Crippen molar-refractivity contribution in [2.75, 3.05) is 26.4 Å². The molecule has 0 saturated heterocycles. The molecule has 6 nitrogen and oxygen atoms in total. The fourth-order valence-corrected chi connectivity index (χ4v) is 0.873. The third-order valence-corrected chi connectivity index (χ3v) is 1.56. The summed E-state index contributed by atoms with van der Waals surface area (Å²) in [5.74, 6) is -1.64. The molecule has 0 aromatic carbocycles. The molecule has 0 aromatic heterocycles. The molecule has 0 fully saturated rings. The summed E-state index contributed by atoms with van der Waals surface area (Å²) in [5.41, 5.74) is 5.28. The van der Waals surface area contributed by atoms with Crippen LogP contribution in [0.15, 0.2) is 0 Å². The minimum Gasteiger partial charge on any atom is -0.480 e. The van der Waals surface area contributed by atoms with Gasteiger partial charge < -0.3 is 20.3 Å². The SMILES string of the molecule is NCCCCCOC(=O)COCC(=O)O. The number of hydrogen-bond acceptors (Lipinski definition) is 5. The first-order chi connectivity index (χ1) is 7.16. The zero-order valence-corrected chi connectivity index (χ0v) is 8.61. The molecule has 3 N–H and O–H groups in total. The smallest absolute Gasteiger partial charge is 0.332 e. The van der Waals surface area contributed by atoms with Crippen LogP contribution in [-0.2, 0) is 19.1 Å². The quantitative estimate of drug-likeness (QED) is 0.410. The van der Waals surface area contributed by atoms with Crippen LogP contribution in [-0.4, -0.2) is 43.4 Å². The molecule has 6 heteroatoms. The Morgan fingerprint density at radius 2 is 1.87 bits per heavy atom. The number of rotatable bonds is 9. The van der Waals surface area contributed by atoms with Crippen LogP contribution in [0.5, 0.6) is 0 Å². The van der Waals surface area contributed by atoms with Gasteiger partial charge in [0, 0.05) is 0 Å². The van der Waals surface area contributed by atoms with E-state index in [1.807, 2.05) is 0 Å². The second kappa shape index (κ2) is 9.42. The summed E-state index contributed by atoms with van der Waals surface area (Å²) in [4.78, 5) is 20.9. The Morgan fingerprint density at radius 3 is 2.47 bits per heavy atom. The lowest BCUT2D eigenvalue weighted by Gasteiger charge is -2.04. The monoisotopic (exact) mass is 219 g/mol. The number of nitrogens with two attached hydrogens (primary N) is 1. The third-order valence-electron chi connectivity index (χ3n) is 1.56. The average molecular weight is 219 g/mol. The van der Waals surface area contributed by atoms with Gasteiger partial charge in [0.05, 0.1) is 6.61 Å². The van der Waals surface area contributed by atoms with Gasteiger partial charge in [0.2, 0.25) is 0 Å². The normalized spacial score (nSPS) is 9.93. The van der Waals surface area contributed by atoms with Crippen molar-refractivity contribution in [1.29, 1.82) is 0 Å². The maximum Gasteiger partial charge on any atom is 0.332 e. The van der Waals surface area contributed by atoms with Gasteiger partial charge in [0.15, 0.2) is 0 Å². The Bertz CT molecular complexity index is 195. The van der Waals surface area contributed by atoms with Gasteiger partial charge in [0.1, 0.15) is 13.2 Å². The maximum atomic E-state index is 10.9. The molecular formula is C9H17NO5. The Hall–Kier alpha value is -1.14. The first-order valence-corrected chi connectivity index (χ1v) is 4.82. The molecular weight excluding hydrogens is 202 g/mol. The Kier molecular flexibility index (Phi) is 8.70. The number of unbranched alkanes of at least 4 members (excludes halogenated alkanes) is 2. The van der Waals surface area contributed by atoms with Gasteiger partial charge in [-0.25, -0.2) is 9.59 Å². The van der Waals surface area contributed by atoms with Crippen LogP contribution in [0.2, 0.25) is 0 Å². The van der Waals surface area contributed by atoms with Crippen LogP contribution < -0.4 is 5.73 Å². The van der Waals surface area contributed by atoms with Crippen LogP contribution in [0.1, 0.15) is 19.3 Å². The predicted octanol–water partition coefficient (Wildman–Crippen LogP) is -0.240. The number of aliphatic carboxylic acids is 1. The molecule has 15 heavy (non-hydrogen) atoms. The van der Waals surface area contributed by atoms with E-state index in [-0.39, 0.29) is 6.61 Å². The predicted molar refractivity (Wildman–Crippen MR) is 52.3 cm³/mol. The van der Waals surface area contributed by atoms with E-state index in [9.17, 15) is 9.59 Å². The molecule has 0 aliphatic heterocycles. The maximum absolute atomic E-state index is 10.9. The highest BCUT2D eigenvalue weighted by molar-refractivity contribution is 5.72. The van der Waals surface area contributed by atoms with Crippen molar-refractivity contribution in [3.8, 4) is 0 Å². The van der Waals surface area contributed by atoms with E-state index in [1.54, 1.807) is 0 Å². The van der Waals surface area contributed by atoms with E-state index in [4.69, 9.17) is 15.6 Å². The zero-order valence-electron chi connectivity index (χ0n) is 8.61. The lowest BCUT2D eigenvalue weighted by Crippen LogP contribution is -2.17. The van der Waals surface area contributed by atoms with Gasteiger partial charge in [-0.2, -0.15) is 0 Å². The van der Waals surface area contributed by atoms with Crippen molar-refractivity contribution >= 4 is 11.9 Å². The first kappa shape index (κ1) is 13.9. The molecule has 0 aliphatic carbocycles. The zero-order chi connectivity index (χ0) is 11.5. The van der Waals surface area contributed by atoms with Crippen LogP contribution >= 0.6 is 0 Å². The summed E-state index contributed by atoms with van der Waals surface area (Å²) < 4.78 is 9.31. The second-order valence-corrected chi connectivity index (χ2v) is 2.96. The summed E-state index contributed by atoms with van der Waals surface area (Å²) in [5, 5.41) is 8.21. The number of carboxylic acid groups (broad SMARTS) is 1. The number of hydrogen-bond donors (Lipinski definition) is 2. The minimum absolute atomic E-state index is 0.316. The first-order valence-electron chi connectivity index (χ1n) is 4.82. The molecule has 88 valence electrons. The molecule has 0 saturated carbocycles. The summed E-state index contributed by atoms with van der Waals surface area (Å²) >= 11 is 0. The van der Waals surface area contributed by atoms with Gasteiger partial charge >= 0.3 is 11.9 Å². The average Bonchev–Trinajstić information content (AvgIpc) is 2.17. The highest BCUT2D eigenvalue weighted by Crippen LogP contribution is 1.94. The highest BCUT2D eigenvalue weighted by Gasteiger charge is 2.04. The number of carbonyl (C=O) groups excluding carboxylic acids is 1. The highest BCUT2D eigenvalue weighted by atomic mass is 16.6. The number of esters is 1. The molecule has 0 amide bonds. The van der Waals surface area contributed by atoms with Crippen molar-refractivity contribution in [3.05, 3.63) is 0 Å². The number of carbonyl (C=O) groups is 2. The fraction of sp³-hybridized carbons (Fsp3) is 0.778. The van der Waals surface area contributed by atoms with Crippen LogP contribution in [0.4, 0.5) is 0 Å². The van der Waals surface area contributed by atoms with E-state index in [2.05, 4.69) is 4.74 Å². The third kappa shape index (κ3) is 10.8. The Labute approximate surface area is 88.3 Å².